The van der Waals surface area contributed by atoms with E-state index in [-0.39, 0.29) is 16.9 Å². The molecule has 0 radical (unpaired) electrons. The van der Waals surface area contributed by atoms with Gasteiger partial charge in [0.2, 0.25) is 10.0 Å². The first-order valence-electron chi connectivity index (χ1n) is 10.2. The fourth-order valence-electron chi connectivity index (χ4n) is 3.86. The van der Waals surface area contributed by atoms with Crippen molar-refractivity contribution in [1.29, 1.82) is 0 Å². The first-order chi connectivity index (χ1) is 14.8. The normalized spacial score (nSPS) is 15.5. The summed E-state index contributed by atoms with van der Waals surface area (Å²) in [5.74, 6) is 0.808. The third-order valence-electron chi connectivity index (χ3n) is 5.99. The van der Waals surface area contributed by atoms with Gasteiger partial charge in [0.15, 0.2) is 5.76 Å². The summed E-state index contributed by atoms with van der Waals surface area (Å²) in [5, 5.41) is 13.5. The van der Waals surface area contributed by atoms with Crippen LogP contribution < -0.4 is 10.5 Å². The molecule has 164 valence electrons. The van der Waals surface area contributed by atoms with Crippen molar-refractivity contribution < 1.29 is 18.0 Å². The van der Waals surface area contributed by atoms with E-state index in [1.807, 2.05) is 19.1 Å². The van der Waals surface area contributed by atoms with Gasteiger partial charge in [-0.05, 0) is 55.4 Å². The Hall–Kier alpha value is -2.75. The number of nitrogens with zero attached hydrogens (tertiary/aromatic N) is 2. The van der Waals surface area contributed by atoms with Gasteiger partial charge in [0.1, 0.15) is 5.82 Å². The highest BCUT2D eigenvalue weighted by atomic mass is 32.2. The van der Waals surface area contributed by atoms with E-state index in [0.717, 1.165) is 25.0 Å². The summed E-state index contributed by atoms with van der Waals surface area (Å²) in [6, 6.07) is 10.3. The number of benzene rings is 1. The van der Waals surface area contributed by atoms with Gasteiger partial charge in [-0.25, -0.2) is 18.1 Å². The zero-order valence-corrected chi connectivity index (χ0v) is 18.2. The first kappa shape index (κ1) is 21.5. The van der Waals surface area contributed by atoms with E-state index in [1.165, 1.54) is 0 Å². The second-order valence-electron chi connectivity index (χ2n) is 8.18. The molecule has 1 saturated carbocycles. The monoisotopic (exact) mass is 442 g/mol. The molecule has 1 aromatic carbocycles. The van der Waals surface area contributed by atoms with Crippen LogP contribution in [0.1, 0.15) is 31.4 Å². The average Bonchev–Trinajstić information content (AvgIpc) is 3.16. The molecule has 2 heterocycles. The number of aliphatic hydroxyl groups is 1. The number of hydrogen-bond acceptors (Lipinski definition) is 7. The number of pyridine rings is 1. The third-order valence-corrected chi connectivity index (χ3v) is 7.45. The van der Waals surface area contributed by atoms with Crippen molar-refractivity contribution in [3.05, 3.63) is 48.3 Å². The van der Waals surface area contributed by atoms with Gasteiger partial charge in [-0.15, -0.1) is 0 Å². The lowest BCUT2D eigenvalue weighted by Crippen LogP contribution is -2.37. The number of nitrogen functional groups attached to an aromatic ring is 1. The van der Waals surface area contributed by atoms with Crippen molar-refractivity contribution >= 4 is 15.8 Å². The maximum absolute atomic E-state index is 12.8. The van der Waals surface area contributed by atoms with Gasteiger partial charge in [-0.3, -0.25) is 0 Å². The molecule has 0 aliphatic heterocycles. The maximum Gasteiger partial charge on any atom is 0.240 e. The Morgan fingerprint density at radius 2 is 2.03 bits per heavy atom. The van der Waals surface area contributed by atoms with Gasteiger partial charge in [0.25, 0.3) is 0 Å². The van der Waals surface area contributed by atoms with E-state index in [2.05, 4.69) is 14.9 Å². The van der Waals surface area contributed by atoms with Gasteiger partial charge < -0.3 is 15.4 Å². The molecule has 2 aromatic heterocycles. The smallest absolute Gasteiger partial charge is 0.240 e. The zero-order chi connectivity index (χ0) is 22.1. The Balaban J connectivity index is 1.55. The number of nitrogens with two attached hydrogens (primary N) is 1. The first-order valence-corrected chi connectivity index (χ1v) is 11.7. The molecule has 9 heteroatoms. The number of hydrogen-bond donors (Lipinski definition) is 3. The minimum absolute atomic E-state index is 0.0986. The van der Waals surface area contributed by atoms with Crippen LogP contribution in [0.25, 0.3) is 22.5 Å². The van der Waals surface area contributed by atoms with Gasteiger partial charge in [-0.2, -0.15) is 0 Å². The number of aromatic nitrogens is 2. The second kappa shape index (κ2) is 8.41. The van der Waals surface area contributed by atoms with Crippen LogP contribution in [0, 0.1) is 12.3 Å². The predicted molar refractivity (Wildman–Crippen MR) is 117 cm³/mol. The average molecular weight is 443 g/mol. The lowest BCUT2D eigenvalue weighted by molar-refractivity contribution is 0.0377. The fourth-order valence-corrected chi connectivity index (χ4v) is 4.94. The maximum atomic E-state index is 12.8. The van der Waals surface area contributed by atoms with E-state index in [1.54, 1.807) is 30.5 Å². The van der Waals surface area contributed by atoms with E-state index in [4.69, 9.17) is 10.3 Å². The molecule has 0 spiro atoms. The van der Waals surface area contributed by atoms with Crippen molar-refractivity contribution in [3.8, 4) is 22.5 Å². The minimum Gasteiger partial charge on any atom is -0.396 e. The van der Waals surface area contributed by atoms with Gasteiger partial charge in [0.05, 0.1) is 16.2 Å². The van der Waals surface area contributed by atoms with E-state index < -0.39 is 10.0 Å². The van der Waals surface area contributed by atoms with Gasteiger partial charge in [-0.1, -0.05) is 23.7 Å². The summed E-state index contributed by atoms with van der Waals surface area (Å²) in [7, 11) is -3.68. The Morgan fingerprint density at radius 3 is 2.68 bits per heavy atom. The predicted octanol–water partition coefficient (Wildman–Crippen LogP) is 3.13. The van der Waals surface area contributed by atoms with E-state index in [0.29, 0.717) is 41.2 Å². The van der Waals surface area contributed by atoms with Crippen molar-refractivity contribution in [2.24, 2.45) is 5.41 Å². The van der Waals surface area contributed by atoms with Crippen LogP contribution in [0.3, 0.4) is 0 Å². The van der Waals surface area contributed by atoms with Crippen molar-refractivity contribution in [3.63, 3.8) is 0 Å². The van der Waals surface area contributed by atoms with Crippen LogP contribution in [0.5, 0.6) is 0 Å². The number of aliphatic hydroxyl groups excluding tert-OH is 1. The van der Waals surface area contributed by atoms with E-state index >= 15 is 0 Å². The molecular weight excluding hydrogens is 416 g/mol. The summed E-state index contributed by atoms with van der Waals surface area (Å²) in [6.07, 6.45) is 5.20. The summed E-state index contributed by atoms with van der Waals surface area (Å²) >= 11 is 0. The number of rotatable bonds is 8. The van der Waals surface area contributed by atoms with Crippen molar-refractivity contribution in [2.75, 3.05) is 18.9 Å². The fraction of sp³-hybridized carbons (Fsp3) is 0.364. The molecule has 0 bridgehead atoms. The van der Waals surface area contributed by atoms with E-state index in [9.17, 15) is 13.5 Å². The topological polar surface area (TPSA) is 131 Å². The Labute approximate surface area is 181 Å². The molecule has 1 fully saturated rings. The van der Waals surface area contributed by atoms with Crippen molar-refractivity contribution in [1.82, 2.24) is 14.9 Å². The number of aryl methyl sites for hydroxylation is 1. The highest BCUT2D eigenvalue weighted by Gasteiger charge is 2.36. The molecule has 0 saturated heterocycles. The minimum atomic E-state index is -3.68. The highest BCUT2D eigenvalue weighted by molar-refractivity contribution is 7.89. The Morgan fingerprint density at radius 1 is 1.23 bits per heavy atom. The summed E-state index contributed by atoms with van der Waals surface area (Å²) < 4.78 is 33.6. The second-order valence-corrected chi connectivity index (χ2v) is 9.94. The molecule has 8 nitrogen and oxygen atoms in total. The number of nitrogens with one attached hydrogen (secondary N) is 1. The molecule has 3 aromatic rings. The van der Waals surface area contributed by atoms with Gasteiger partial charge in [0, 0.05) is 31.0 Å². The third kappa shape index (κ3) is 4.48. The summed E-state index contributed by atoms with van der Waals surface area (Å²) in [5.41, 5.74) is 8.60. The quantitative estimate of drug-likeness (QED) is 0.488. The standard InChI is InChI=1S/C22H26N4O4S/c1-15-10-20(30-26-15)19-12-17(13-24-21(19)23)16-4-2-5-18(11-16)31(28,29)25-9-8-22(14-27)6-3-7-22/h2,4-5,10-13,25,27H,3,6-9,14H2,1H3,(H2,23,24). The highest BCUT2D eigenvalue weighted by Crippen LogP contribution is 2.43. The number of anilines is 1. The molecule has 0 amide bonds. The lowest BCUT2D eigenvalue weighted by Gasteiger charge is -2.40. The molecule has 4 N–H and O–H groups in total. The van der Waals surface area contributed by atoms with Crippen LogP contribution >= 0.6 is 0 Å². The van der Waals surface area contributed by atoms with Crippen LogP contribution in [0.4, 0.5) is 5.82 Å². The molecule has 4 rings (SSSR count). The Bertz CT molecular complexity index is 1180. The molecule has 0 atom stereocenters. The largest absolute Gasteiger partial charge is 0.396 e. The molecule has 1 aliphatic rings. The number of sulfonamides is 1. The molecular formula is C22H26N4O4S. The zero-order valence-electron chi connectivity index (χ0n) is 17.3. The lowest BCUT2D eigenvalue weighted by atomic mass is 9.67. The van der Waals surface area contributed by atoms with Crippen LogP contribution in [0.15, 0.2) is 52.0 Å². The Kier molecular flexibility index (Phi) is 5.83. The van der Waals surface area contributed by atoms with Crippen LogP contribution in [0.2, 0.25) is 0 Å². The molecule has 0 unspecified atom stereocenters. The van der Waals surface area contributed by atoms with Gasteiger partial charge >= 0.3 is 0 Å². The van der Waals surface area contributed by atoms with Crippen LogP contribution in [-0.2, 0) is 10.0 Å². The summed E-state index contributed by atoms with van der Waals surface area (Å²) in [4.78, 5) is 4.41. The molecule has 1 aliphatic carbocycles. The SMILES string of the molecule is Cc1cc(-c2cc(-c3cccc(S(=O)(=O)NCCC4(CO)CCC4)c3)cnc2N)on1. The van der Waals surface area contributed by atoms with Crippen molar-refractivity contribution in [2.45, 2.75) is 37.5 Å². The molecule has 31 heavy (non-hydrogen) atoms. The van der Waals surface area contributed by atoms with Crippen LogP contribution in [-0.4, -0.2) is 36.8 Å². The summed E-state index contributed by atoms with van der Waals surface area (Å²) in [6.45, 7) is 2.21.